The van der Waals surface area contributed by atoms with Gasteiger partial charge in [0.15, 0.2) is 0 Å². The van der Waals surface area contributed by atoms with Crippen LogP contribution in [-0.2, 0) is 6.42 Å². The van der Waals surface area contributed by atoms with Crippen LogP contribution >= 0.6 is 11.3 Å². The number of rotatable bonds is 6. The Hall–Kier alpha value is -2.66. The molecule has 5 heteroatoms. The van der Waals surface area contributed by atoms with E-state index in [0.717, 1.165) is 16.3 Å². The van der Waals surface area contributed by atoms with E-state index in [0.29, 0.717) is 24.3 Å². The number of carbonyl (C=O) groups excluding carboxylic acids is 1. The van der Waals surface area contributed by atoms with Crippen LogP contribution in [0.4, 0.5) is 0 Å². The van der Waals surface area contributed by atoms with Crippen LogP contribution < -0.4 is 10.1 Å². The highest BCUT2D eigenvalue weighted by molar-refractivity contribution is 7.13. The van der Waals surface area contributed by atoms with Crippen LogP contribution in [0.25, 0.3) is 10.6 Å². The summed E-state index contributed by atoms with van der Waals surface area (Å²) in [5.74, 6) is 0.446. The van der Waals surface area contributed by atoms with E-state index < -0.39 is 0 Å². The van der Waals surface area contributed by atoms with Crippen molar-refractivity contribution in [1.82, 2.24) is 10.3 Å². The lowest BCUT2D eigenvalue weighted by atomic mass is 10.1. The number of methoxy groups -OCH3 is 1. The zero-order valence-corrected chi connectivity index (χ0v) is 15.1. The van der Waals surface area contributed by atoms with E-state index in [1.54, 1.807) is 30.6 Å². The van der Waals surface area contributed by atoms with Crippen molar-refractivity contribution in [2.75, 3.05) is 13.7 Å². The van der Waals surface area contributed by atoms with Gasteiger partial charge >= 0.3 is 0 Å². The van der Waals surface area contributed by atoms with Gasteiger partial charge in [-0.15, -0.1) is 11.3 Å². The molecule has 0 spiro atoms. The van der Waals surface area contributed by atoms with Crippen LogP contribution in [0.2, 0.25) is 0 Å². The molecule has 0 fully saturated rings. The van der Waals surface area contributed by atoms with E-state index in [9.17, 15) is 4.79 Å². The van der Waals surface area contributed by atoms with Crippen molar-refractivity contribution in [3.63, 3.8) is 0 Å². The number of carbonyl (C=O) groups is 1. The van der Waals surface area contributed by atoms with Gasteiger partial charge in [0.2, 0.25) is 0 Å². The van der Waals surface area contributed by atoms with Crippen molar-refractivity contribution in [2.45, 2.75) is 13.3 Å². The van der Waals surface area contributed by atoms with Crippen LogP contribution in [0.5, 0.6) is 5.75 Å². The smallest absolute Gasteiger partial charge is 0.255 e. The SMILES string of the molecule is COc1ccccc1C(=O)NCCc1csc(-c2ccc(C)cc2)n1. The van der Waals surface area contributed by atoms with Crippen LogP contribution in [0, 0.1) is 6.92 Å². The number of hydrogen-bond donors (Lipinski definition) is 1. The summed E-state index contributed by atoms with van der Waals surface area (Å²) in [7, 11) is 1.56. The molecule has 3 rings (SSSR count). The molecule has 0 radical (unpaired) electrons. The molecule has 128 valence electrons. The lowest BCUT2D eigenvalue weighted by molar-refractivity contribution is 0.0951. The summed E-state index contributed by atoms with van der Waals surface area (Å²) in [5.41, 5.74) is 3.89. The quantitative estimate of drug-likeness (QED) is 0.727. The molecule has 4 nitrogen and oxygen atoms in total. The number of amides is 1. The van der Waals surface area contributed by atoms with Gasteiger partial charge in [0.05, 0.1) is 18.4 Å². The first-order valence-electron chi connectivity index (χ1n) is 8.10. The first-order chi connectivity index (χ1) is 12.2. The molecule has 0 aliphatic rings. The number of nitrogens with one attached hydrogen (secondary N) is 1. The maximum atomic E-state index is 12.3. The molecule has 1 amide bonds. The maximum Gasteiger partial charge on any atom is 0.255 e. The highest BCUT2D eigenvalue weighted by Gasteiger charge is 2.11. The van der Waals surface area contributed by atoms with Gasteiger partial charge in [-0.3, -0.25) is 4.79 Å². The van der Waals surface area contributed by atoms with Crippen LogP contribution in [0.15, 0.2) is 53.9 Å². The topological polar surface area (TPSA) is 51.2 Å². The summed E-state index contributed by atoms with van der Waals surface area (Å²) in [5, 5.41) is 5.98. The summed E-state index contributed by atoms with van der Waals surface area (Å²) in [6.45, 7) is 2.61. The lowest BCUT2D eigenvalue weighted by Gasteiger charge is -2.08. The van der Waals surface area contributed by atoms with Crippen molar-refractivity contribution in [1.29, 1.82) is 0 Å². The molecule has 0 saturated heterocycles. The average molecular weight is 352 g/mol. The minimum atomic E-state index is -0.133. The maximum absolute atomic E-state index is 12.3. The third kappa shape index (κ3) is 4.25. The molecule has 0 unspecified atom stereocenters. The average Bonchev–Trinajstić information content (AvgIpc) is 3.11. The fraction of sp³-hybridized carbons (Fsp3) is 0.200. The zero-order chi connectivity index (χ0) is 17.6. The second kappa shape index (κ2) is 7.94. The Kier molecular flexibility index (Phi) is 5.46. The van der Waals surface area contributed by atoms with Gasteiger partial charge in [0.25, 0.3) is 5.91 Å². The minimum absolute atomic E-state index is 0.133. The fourth-order valence-electron chi connectivity index (χ4n) is 2.48. The predicted octanol–water partition coefficient (Wildman–Crippen LogP) is 4.10. The van der Waals surface area contributed by atoms with E-state index in [-0.39, 0.29) is 5.91 Å². The standard InChI is InChI=1S/C20H20N2O2S/c1-14-7-9-15(10-8-14)20-22-16(13-25-20)11-12-21-19(23)17-5-3-4-6-18(17)24-2/h3-10,13H,11-12H2,1-2H3,(H,21,23). The molecule has 0 bridgehead atoms. The highest BCUT2D eigenvalue weighted by Crippen LogP contribution is 2.24. The molecule has 0 aliphatic heterocycles. The van der Waals surface area contributed by atoms with Crippen molar-refractivity contribution in [2.24, 2.45) is 0 Å². The molecular weight excluding hydrogens is 332 g/mol. The zero-order valence-electron chi connectivity index (χ0n) is 14.3. The van der Waals surface area contributed by atoms with Gasteiger partial charge in [0.1, 0.15) is 10.8 Å². The van der Waals surface area contributed by atoms with Crippen molar-refractivity contribution in [3.8, 4) is 16.3 Å². The highest BCUT2D eigenvalue weighted by atomic mass is 32.1. The van der Waals surface area contributed by atoms with E-state index in [1.165, 1.54) is 5.56 Å². The van der Waals surface area contributed by atoms with Crippen molar-refractivity contribution < 1.29 is 9.53 Å². The number of ether oxygens (including phenoxy) is 1. The first kappa shape index (κ1) is 17.2. The second-order valence-electron chi connectivity index (χ2n) is 5.72. The van der Waals surface area contributed by atoms with Gasteiger partial charge in [-0.05, 0) is 19.1 Å². The molecule has 1 heterocycles. The summed E-state index contributed by atoms with van der Waals surface area (Å²) in [6.07, 6.45) is 0.698. The Bertz CT molecular complexity index is 856. The van der Waals surface area contributed by atoms with E-state index in [1.807, 2.05) is 17.5 Å². The van der Waals surface area contributed by atoms with Crippen LogP contribution in [0.1, 0.15) is 21.6 Å². The van der Waals surface area contributed by atoms with E-state index in [4.69, 9.17) is 4.74 Å². The van der Waals surface area contributed by atoms with Crippen LogP contribution in [0.3, 0.4) is 0 Å². The Morgan fingerprint density at radius 2 is 1.92 bits per heavy atom. The normalized spacial score (nSPS) is 10.5. The summed E-state index contributed by atoms with van der Waals surface area (Å²) in [6, 6.07) is 15.6. The molecular formula is C20H20N2O2S. The number of nitrogens with zero attached hydrogens (tertiary/aromatic N) is 1. The number of aryl methyl sites for hydroxylation is 1. The molecule has 0 aliphatic carbocycles. The number of aromatic nitrogens is 1. The molecule has 3 aromatic rings. The number of hydrogen-bond acceptors (Lipinski definition) is 4. The number of para-hydroxylation sites is 1. The fourth-order valence-corrected chi connectivity index (χ4v) is 3.34. The van der Waals surface area contributed by atoms with Crippen molar-refractivity contribution >= 4 is 17.2 Å². The van der Waals surface area contributed by atoms with E-state index in [2.05, 4.69) is 41.5 Å². The van der Waals surface area contributed by atoms with E-state index >= 15 is 0 Å². The Balaban J connectivity index is 1.57. The summed E-state index contributed by atoms with van der Waals surface area (Å²) < 4.78 is 5.22. The van der Waals surface area contributed by atoms with Gasteiger partial charge in [-0.25, -0.2) is 4.98 Å². The number of thiazole rings is 1. The van der Waals surface area contributed by atoms with Gasteiger partial charge in [0, 0.05) is 23.9 Å². The predicted molar refractivity (Wildman–Crippen MR) is 101 cm³/mol. The Labute approximate surface area is 151 Å². The first-order valence-corrected chi connectivity index (χ1v) is 8.98. The number of benzene rings is 2. The van der Waals surface area contributed by atoms with Gasteiger partial charge in [-0.2, -0.15) is 0 Å². The minimum Gasteiger partial charge on any atom is -0.496 e. The summed E-state index contributed by atoms with van der Waals surface area (Å²) >= 11 is 1.63. The lowest BCUT2D eigenvalue weighted by Crippen LogP contribution is -2.26. The third-order valence-corrected chi connectivity index (χ3v) is 4.81. The van der Waals surface area contributed by atoms with Gasteiger partial charge in [-0.1, -0.05) is 42.0 Å². The molecule has 25 heavy (non-hydrogen) atoms. The Morgan fingerprint density at radius 3 is 2.68 bits per heavy atom. The molecule has 0 saturated carbocycles. The largest absolute Gasteiger partial charge is 0.496 e. The Morgan fingerprint density at radius 1 is 1.16 bits per heavy atom. The molecule has 0 atom stereocenters. The third-order valence-electron chi connectivity index (χ3n) is 3.87. The molecule has 2 aromatic carbocycles. The summed E-state index contributed by atoms with van der Waals surface area (Å²) in [4.78, 5) is 16.9. The second-order valence-corrected chi connectivity index (χ2v) is 6.57. The van der Waals surface area contributed by atoms with Crippen LogP contribution in [-0.4, -0.2) is 24.5 Å². The molecule has 1 aromatic heterocycles. The van der Waals surface area contributed by atoms with Gasteiger partial charge < -0.3 is 10.1 Å². The van der Waals surface area contributed by atoms with Crippen molar-refractivity contribution in [3.05, 3.63) is 70.7 Å². The molecule has 1 N–H and O–H groups in total. The monoisotopic (exact) mass is 352 g/mol.